The van der Waals surface area contributed by atoms with Crippen LogP contribution in [0, 0.1) is 0 Å². The molecule has 21 heavy (non-hydrogen) atoms. The molecule has 1 amide bonds. The lowest BCUT2D eigenvalue weighted by Gasteiger charge is -2.21. The first kappa shape index (κ1) is 16.5. The van der Waals surface area contributed by atoms with Crippen LogP contribution in [0.15, 0.2) is 24.3 Å². The van der Waals surface area contributed by atoms with Crippen LogP contribution in [-0.4, -0.2) is 33.7 Å². The molecule has 0 atom stereocenters. The van der Waals surface area contributed by atoms with Crippen LogP contribution in [0.25, 0.3) is 0 Å². The summed E-state index contributed by atoms with van der Waals surface area (Å²) in [4.78, 5) is 32.7. The number of amides is 1. The van der Waals surface area contributed by atoms with E-state index < -0.39 is 23.4 Å². The lowest BCUT2D eigenvalue weighted by molar-refractivity contribution is -0.152. The highest BCUT2D eigenvalue weighted by molar-refractivity contribution is 5.92. The number of rotatable bonds is 7. The van der Waals surface area contributed by atoms with Gasteiger partial charge in [0.25, 0.3) is 0 Å². The van der Waals surface area contributed by atoms with E-state index in [0.717, 1.165) is 0 Å². The van der Waals surface area contributed by atoms with Gasteiger partial charge >= 0.3 is 11.9 Å². The monoisotopic (exact) mass is 295 g/mol. The lowest BCUT2D eigenvalue weighted by atomic mass is 10.1. The maximum absolute atomic E-state index is 11.4. The molecule has 0 aromatic heterocycles. The third-order valence-electron chi connectivity index (χ3n) is 2.59. The molecule has 7 heteroatoms. The highest BCUT2D eigenvalue weighted by atomic mass is 16.5. The first-order valence-corrected chi connectivity index (χ1v) is 6.25. The summed E-state index contributed by atoms with van der Waals surface area (Å²) in [5.74, 6) is -2.18. The number of anilines is 1. The van der Waals surface area contributed by atoms with Gasteiger partial charge in [0.05, 0.1) is 6.42 Å². The largest absolute Gasteiger partial charge is 0.481 e. The molecule has 0 aliphatic carbocycles. The Morgan fingerprint density at radius 3 is 2.14 bits per heavy atom. The van der Waals surface area contributed by atoms with Crippen molar-refractivity contribution in [3.63, 3.8) is 0 Å². The number of aliphatic carboxylic acids is 2. The molecule has 0 fully saturated rings. The molecule has 7 nitrogen and oxygen atoms in total. The Balaban J connectivity index is 2.60. The molecule has 0 saturated carbocycles. The number of nitrogens with one attached hydrogen (secondary N) is 1. The molecular formula is C14H17NO6. The van der Waals surface area contributed by atoms with Crippen molar-refractivity contribution in [1.82, 2.24) is 0 Å². The summed E-state index contributed by atoms with van der Waals surface area (Å²) in [6.07, 6.45) is -0.348. The molecule has 1 aromatic rings. The zero-order valence-electron chi connectivity index (χ0n) is 11.8. The number of benzene rings is 1. The standard InChI is InChI=1S/C14H17NO6/c1-14(2,13(19)20)21-10-5-3-9(4-6-10)15-11(16)7-8-12(17)18/h3-6H,7-8H2,1-2H3,(H,15,16)(H,17,18)(H,19,20). The van der Waals surface area contributed by atoms with E-state index in [1.165, 1.54) is 26.0 Å². The van der Waals surface area contributed by atoms with Gasteiger partial charge in [0.2, 0.25) is 5.91 Å². The Hall–Kier alpha value is -2.57. The van der Waals surface area contributed by atoms with Crippen molar-refractivity contribution < 1.29 is 29.3 Å². The van der Waals surface area contributed by atoms with Gasteiger partial charge in [-0.05, 0) is 38.1 Å². The summed E-state index contributed by atoms with van der Waals surface area (Å²) >= 11 is 0. The van der Waals surface area contributed by atoms with Crippen LogP contribution in [0.2, 0.25) is 0 Å². The summed E-state index contributed by atoms with van der Waals surface area (Å²) < 4.78 is 5.31. The summed E-state index contributed by atoms with van der Waals surface area (Å²) in [6.45, 7) is 2.86. The molecule has 0 unspecified atom stereocenters. The van der Waals surface area contributed by atoms with Crippen LogP contribution in [0.3, 0.4) is 0 Å². The number of ether oxygens (including phenoxy) is 1. The van der Waals surface area contributed by atoms with Gasteiger partial charge in [-0.3, -0.25) is 9.59 Å². The number of carbonyl (C=O) groups is 3. The van der Waals surface area contributed by atoms with Gasteiger partial charge < -0.3 is 20.3 Å². The third-order valence-corrected chi connectivity index (χ3v) is 2.59. The molecule has 1 aromatic carbocycles. The molecule has 0 aliphatic rings. The zero-order chi connectivity index (χ0) is 16.0. The molecule has 0 bridgehead atoms. The van der Waals surface area contributed by atoms with E-state index in [9.17, 15) is 14.4 Å². The summed E-state index contributed by atoms with van der Waals surface area (Å²) in [6, 6.07) is 6.15. The van der Waals surface area contributed by atoms with E-state index in [-0.39, 0.29) is 12.8 Å². The smallest absolute Gasteiger partial charge is 0.347 e. The van der Waals surface area contributed by atoms with Crippen molar-refractivity contribution in [3.8, 4) is 5.75 Å². The normalized spacial score (nSPS) is 10.8. The first-order valence-electron chi connectivity index (χ1n) is 6.25. The number of hydrogen-bond donors (Lipinski definition) is 3. The molecule has 0 saturated heterocycles. The Morgan fingerprint density at radius 1 is 1.10 bits per heavy atom. The van der Waals surface area contributed by atoms with Crippen LogP contribution >= 0.6 is 0 Å². The van der Waals surface area contributed by atoms with Crippen molar-refractivity contribution in [2.45, 2.75) is 32.3 Å². The van der Waals surface area contributed by atoms with E-state index in [1.807, 2.05) is 0 Å². The molecule has 0 aliphatic heterocycles. The molecular weight excluding hydrogens is 278 g/mol. The van der Waals surface area contributed by atoms with E-state index in [0.29, 0.717) is 11.4 Å². The quantitative estimate of drug-likeness (QED) is 0.706. The van der Waals surface area contributed by atoms with Crippen LogP contribution in [0.4, 0.5) is 5.69 Å². The van der Waals surface area contributed by atoms with Crippen molar-refractivity contribution in [2.75, 3.05) is 5.32 Å². The number of hydrogen-bond acceptors (Lipinski definition) is 4. The predicted molar refractivity (Wildman–Crippen MR) is 74.3 cm³/mol. The second-order valence-electron chi connectivity index (χ2n) is 4.88. The minimum atomic E-state index is -1.35. The summed E-state index contributed by atoms with van der Waals surface area (Å²) in [5, 5.41) is 20.0. The average Bonchev–Trinajstić information content (AvgIpc) is 2.38. The Labute approximate surface area is 121 Å². The average molecular weight is 295 g/mol. The molecule has 1 rings (SSSR count). The molecule has 3 N–H and O–H groups in total. The van der Waals surface area contributed by atoms with Gasteiger partial charge in [0.1, 0.15) is 5.75 Å². The van der Waals surface area contributed by atoms with Crippen LogP contribution in [0.5, 0.6) is 5.75 Å². The molecule has 0 spiro atoms. The predicted octanol–water partition coefficient (Wildman–Crippen LogP) is 1.73. The molecule has 0 heterocycles. The minimum Gasteiger partial charge on any atom is -0.481 e. The number of carboxylic acid groups (broad SMARTS) is 2. The highest BCUT2D eigenvalue weighted by Crippen LogP contribution is 2.21. The second kappa shape index (κ2) is 6.74. The van der Waals surface area contributed by atoms with Gasteiger partial charge in [-0.25, -0.2) is 4.79 Å². The van der Waals surface area contributed by atoms with E-state index in [4.69, 9.17) is 14.9 Å². The third kappa shape index (κ3) is 5.52. The first-order chi connectivity index (χ1) is 9.70. The van der Waals surface area contributed by atoms with Crippen LogP contribution in [-0.2, 0) is 14.4 Å². The van der Waals surface area contributed by atoms with Crippen LogP contribution in [0.1, 0.15) is 26.7 Å². The fourth-order valence-electron chi connectivity index (χ4n) is 1.39. The van der Waals surface area contributed by atoms with Crippen molar-refractivity contribution in [1.29, 1.82) is 0 Å². The number of carboxylic acids is 2. The fourth-order valence-corrected chi connectivity index (χ4v) is 1.39. The van der Waals surface area contributed by atoms with Gasteiger partial charge in [0, 0.05) is 12.1 Å². The highest BCUT2D eigenvalue weighted by Gasteiger charge is 2.29. The fraction of sp³-hybridized carbons (Fsp3) is 0.357. The minimum absolute atomic E-state index is 0.111. The number of carbonyl (C=O) groups excluding carboxylic acids is 1. The van der Waals surface area contributed by atoms with Gasteiger partial charge in [-0.2, -0.15) is 0 Å². The summed E-state index contributed by atoms with van der Waals surface area (Å²) in [7, 11) is 0. The Kier molecular flexibility index (Phi) is 5.29. The van der Waals surface area contributed by atoms with E-state index in [2.05, 4.69) is 5.32 Å². The van der Waals surface area contributed by atoms with Crippen molar-refractivity contribution in [3.05, 3.63) is 24.3 Å². The van der Waals surface area contributed by atoms with Crippen molar-refractivity contribution in [2.24, 2.45) is 0 Å². The van der Waals surface area contributed by atoms with Crippen molar-refractivity contribution >= 4 is 23.5 Å². The van der Waals surface area contributed by atoms with Gasteiger partial charge in [0.15, 0.2) is 5.60 Å². The molecule has 114 valence electrons. The maximum Gasteiger partial charge on any atom is 0.347 e. The Morgan fingerprint density at radius 2 is 1.67 bits per heavy atom. The summed E-state index contributed by atoms with van der Waals surface area (Å²) in [5.41, 5.74) is -0.877. The van der Waals surface area contributed by atoms with Gasteiger partial charge in [-0.15, -0.1) is 0 Å². The molecule has 0 radical (unpaired) electrons. The maximum atomic E-state index is 11.4. The van der Waals surface area contributed by atoms with Gasteiger partial charge in [-0.1, -0.05) is 0 Å². The lowest BCUT2D eigenvalue weighted by Crippen LogP contribution is -2.37. The topological polar surface area (TPSA) is 113 Å². The SMILES string of the molecule is CC(C)(Oc1ccc(NC(=O)CCC(=O)O)cc1)C(=O)O. The Bertz CT molecular complexity index is 535. The van der Waals surface area contributed by atoms with E-state index >= 15 is 0 Å². The van der Waals surface area contributed by atoms with Crippen LogP contribution < -0.4 is 10.1 Å². The van der Waals surface area contributed by atoms with E-state index in [1.54, 1.807) is 12.1 Å². The second-order valence-corrected chi connectivity index (χ2v) is 4.88. The zero-order valence-corrected chi connectivity index (χ0v) is 11.8.